The second-order valence-electron chi connectivity index (χ2n) is 4.78. The summed E-state index contributed by atoms with van der Waals surface area (Å²) < 4.78 is 0. The predicted octanol–water partition coefficient (Wildman–Crippen LogP) is 2.06. The van der Waals surface area contributed by atoms with E-state index >= 15 is 0 Å². The summed E-state index contributed by atoms with van der Waals surface area (Å²) in [6.45, 7) is 7.08. The van der Waals surface area contributed by atoms with Crippen molar-refractivity contribution < 1.29 is 0 Å². The van der Waals surface area contributed by atoms with Crippen LogP contribution in [0.3, 0.4) is 0 Å². The average Bonchev–Trinajstić information content (AvgIpc) is 2.60. The molecule has 3 atom stereocenters. The van der Waals surface area contributed by atoms with Crippen molar-refractivity contribution in [2.24, 2.45) is 5.92 Å². The molecule has 1 heterocycles. The third-order valence-corrected chi connectivity index (χ3v) is 4.35. The molecule has 1 N–H and O–H groups in total. The minimum Gasteiger partial charge on any atom is -0.312 e. The van der Waals surface area contributed by atoms with Crippen molar-refractivity contribution in [3.05, 3.63) is 0 Å². The van der Waals surface area contributed by atoms with Gasteiger partial charge in [-0.05, 0) is 38.6 Å². The highest BCUT2D eigenvalue weighted by Gasteiger charge is 2.25. The Kier molecular flexibility index (Phi) is 6.02. The molecule has 0 aromatic carbocycles. The fourth-order valence-electron chi connectivity index (χ4n) is 2.35. The Morgan fingerprint density at radius 3 is 2.73 bits per heavy atom. The molecule has 1 saturated heterocycles. The zero-order valence-corrected chi connectivity index (χ0v) is 11.4. The van der Waals surface area contributed by atoms with Gasteiger partial charge < -0.3 is 10.2 Å². The fourth-order valence-corrected chi connectivity index (χ4v) is 3.23. The van der Waals surface area contributed by atoms with E-state index < -0.39 is 0 Å². The van der Waals surface area contributed by atoms with E-state index in [9.17, 15) is 0 Å². The van der Waals surface area contributed by atoms with E-state index in [4.69, 9.17) is 0 Å². The molecule has 0 bridgehead atoms. The first-order chi connectivity index (χ1) is 7.19. The fraction of sp³-hybridized carbons (Fsp3) is 1.00. The van der Waals surface area contributed by atoms with E-state index in [1.54, 1.807) is 0 Å². The van der Waals surface area contributed by atoms with Crippen molar-refractivity contribution in [1.29, 1.82) is 0 Å². The van der Waals surface area contributed by atoms with Gasteiger partial charge in [-0.1, -0.05) is 13.8 Å². The third kappa shape index (κ3) is 3.97. The van der Waals surface area contributed by atoms with Gasteiger partial charge in [0, 0.05) is 24.4 Å². The monoisotopic (exact) mass is 230 g/mol. The second-order valence-corrected chi connectivity index (χ2v) is 5.69. The molecular formula is C12H26N2S. The van der Waals surface area contributed by atoms with E-state index in [0.717, 1.165) is 12.0 Å². The van der Waals surface area contributed by atoms with Crippen LogP contribution >= 0.6 is 11.8 Å². The summed E-state index contributed by atoms with van der Waals surface area (Å²) >= 11 is 1.96. The highest BCUT2D eigenvalue weighted by atomic mass is 32.2. The highest BCUT2D eigenvalue weighted by Crippen LogP contribution is 2.17. The van der Waals surface area contributed by atoms with Gasteiger partial charge in [0.2, 0.25) is 0 Å². The normalized spacial score (nSPS) is 28.6. The molecule has 90 valence electrons. The van der Waals surface area contributed by atoms with Gasteiger partial charge in [-0.2, -0.15) is 11.8 Å². The van der Waals surface area contributed by atoms with Gasteiger partial charge in [-0.3, -0.25) is 0 Å². The van der Waals surface area contributed by atoms with Crippen LogP contribution in [0.5, 0.6) is 0 Å². The largest absolute Gasteiger partial charge is 0.312 e. The summed E-state index contributed by atoms with van der Waals surface area (Å²) in [7, 11) is 2.27. The Bertz CT molecular complexity index is 175. The molecule has 3 heteroatoms. The molecular weight excluding hydrogens is 204 g/mol. The van der Waals surface area contributed by atoms with Crippen molar-refractivity contribution in [3.8, 4) is 0 Å². The lowest BCUT2D eigenvalue weighted by molar-refractivity contribution is 0.220. The standard InChI is InChI=1S/C12H26N2S/c1-5-11(9-15-4)14(3)8-12-10(2)6-7-13-12/h10-13H,5-9H2,1-4H3. The van der Waals surface area contributed by atoms with Gasteiger partial charge in [-0.25, -0.2) is 0 Å². The summed E-state index contributed by atoms with van der Waals surface area (Å²) in [5.41, 5.74) is 0. The summed E-state index contributed by atoms with van der Waals surface area (Å²) in [6.07, 6.45) is 4.81. The van der Waals surface area contributed by atoms with Gasteiger partial charge in [0.25, 0.3) is 0 Å². The van der Waals surface area contributed by atoms with Crippen LogP contribution in [0.1, 0.15) is 26.7 Å². The van der Waals surface area contributed by atoms with Crippen molar-refractivity contribution >= 4 is 11.8 Å². The zero-order chi connectivity index (χ0) is 11.3. The molecule has 15 heavy (non-hydrogen) atoms. The van der Waals surface area contributed by atoms with Crippen LogP contribution in [-0.4, -0.2) is 49.1 Å². The molecule has 0 aliphatic carbocycles. The quantitative estimate of drug-likeness (QED) is 0.752. The smallest absolute Gasteiger partial charge is 0.0221 e. The molecule has 0 radical (unpaired) electrons. The minimum absolute atomic E-state index is 0.714. The number of nitrogens with zero attached hydrogens (tertiary/aromatic N) is 1. The van der Waals surface area contributed by atoms with Crippen LogP contribution in [0.25, 0.3) is 0 Å². The number of thioether (sulfide) groups is 1. The maximum atomic E-state index is 3.61. The lowest BCUT2D eigenvalue weighted by atomic mass is 10.0. The molecule has 3 unspecified atom stereocenters. The lowest BCUT2D eigenvalue weighted by Gasteiger charge is -2.30. The van der Waals surface area contributed by atoms with Crippen LogP contribution in [0.2, 0.25) is 0 Å². The predicted molar refractivity (Wildman–Crippen MR) is 70.7 cm³/mol. The maximum absolute atomic E-state index is 3.61. The minimum atomic E-state index is 0.714. The first-order valence-corrected chi connectivity index (χ1v) is 7.51. The zero-order valence-electron chi connectivity index (χ0n) is 10.6. The van der Waals surface area contributed by atoms with Gasteiger partial charge in [0.1, 0.15) is 0 Å². The Morgan fingerprint density at radius 2 is 2.27 bits per heavy atom. The van der Waals surface area contributed by atoms with E-state index in [0.29, 0.717) is 6.04 Å². The molecule has 0 aromatic heterocycles. The highest BCUT2D eigenvalue weighted by molar-refractivity contribution is 7.98. The number of rotatable bonds is 6. The van der Waals surface area contributed by atoms with Crippen LogP contribution in [0.4, 0.5) is 0 Å². The molecule has 0 spiro atoms. The number of hydrogen-bond donors (Lipinski definition) is 1. The molecule has 1 rings (SSSR count). The summed E-state index contributed by atoms with van der Waals surface area (Å²) in [4.78, 5) is 2.54. The molecule has 1 aliphatic heterocycles. The molecule has 0 amide bonds. The van der Waals surface area contributed by atoms with Crippen LogP contribution in [0, 0.1) is 5.92 Å². The number of nitrogens with one attached hydrogen (secondary N) is 1. The molecule has 1 fully saturated rings. The first-order valence-electron chi connectivity index (χ1n) is 6.11. The maximum Gasteiger partial charge on any atom is 0.0221 e. The van der Waals surface area contributed by atoms with E-state index in [1.165, 1.54) is 31.7 Å². The van der Waals surface area contributed by atoms with Gasteiger partial charge in [0.05, 0.1) is 0 Å². The summed E-state index contributed by atoms with van der Waals surface area (Å²) in [5, 5.41) is 3.61. The number of hydrogen-bond acceptors (Lipinski definition) is 3. The van der Waals surface area contributed by atoms with Gasteiger partial charge in [0.15, 0.2) is 0 Å². The van der Waals surface area contributed by atoms with Crippen molar-refractivity contribution in [3.63, 3.8) is 0 Å². The van der Waals surface area contributed by atoms with Crippen LogP contribution in [-0.2, 0) is 0 Å². The molecule has 2 nitrogen and oxygen atoms in total. The van der Waals surface area contributed by atoms with Crippen molar-refractivity contribution in [2.45, 2.75) is 38.8 Å². The van der Waals surface area contributed by atoms with Crippen LogP contribution < -0.4 is 5.32 Å². The topological polar surface area (TPSA) is 15.3 Å². The Hall–Kier alpha value is 0.270. The molecule has 1 aliphatic rings. The Labute approximate surface area is 99.2 Å². The summed E-state index contributed by atoms with van der Waals surface area (Å²) in [6, 6.07) is 1.46. The summed E-state index contributed by atoms with van der Waals surface area (Å²) in [5.74, 6) is 2.10. The van der Waals surface area contributed by atoms with Gasteiger partial charge >= 0.3 is 0 Å². The van der Waals surface area contributed by atoms with Gasteiger partial charge in [-0.15, -0.1) is 0 Å². The van der Waals surface area contributed by atoms with Crippen LogP contribution in [0.15, 0.2) is 0 Å². The van der Waals surface area contributed by atoms with Crippen molar-refractivity contribution in [2.75, 3.05) is 32.1 Å². The lowest BCUT2D eigenvalue weighted by Crippen LogP contribution is -2.43. The SMILES string of the molecule is CCC(CSC)N(C)CC1NCCC1C. The third-order valence-electron chi connectivity index (χ3n) is 3.63. The van der Waals surface area contributed by atoms with E-state index in [1.807, 2.05) is 11.8 Å². The van der Waals surface area contributed by atoms with Crippen molar-refractivity contribution in [1.82, 2.24) is 10.2 Å². The second kappa shape index (κ2) is 6.77. The Balaban J connectivity index is 2.35. The average molecular weight is 230 g/mol. The molecule has 0 aromatic rings. The number of likely N-dealkylation sites (N-methyl/N-ethyl adjacent to an activating group) is 1. The molecule has 0 saturated carbocycles. The van der Waals surface area contributed by atoms with E-state index in [2.05, 4.69) is 37.4 Å². The first kappa shape index (κ1) is 13.3. The van der Waals surface area contributed by atoms with E-state index in [-0.39, 0.29) is 0 Å². The Morgan fingerprint density at radius 1 is 1.53 bits per heavy atom.